The van der Waals surface area contributed by atoms with E-state index in [4.69, 9.17) is 33.7 Å². The largest absolute Gasteiger partial charge is 0.459 e. The van der Waals surface area contributed by atoms with E-state index in [2.05, 4.69) is 18.0 Å². The fourth-order valence-corrected chi connectivity index (χ4v) is 10.4. The van der Waals surface area contributed by atoms with E-state index in [1.807, 2.05) is 36.4 Å². The van der Waals surface area contributed by atoms with Gasteiger partial charge < -0.3 is 44.1 Å². The van der Waals surface area contributed by atoms with Crippen LogP contribution in [0.4, 0.5) is 19.7 Å². The van der Waals surface area contributed by atoms with E-state index in [0.29, 0.717) is 68.6 Å². The summed E-state index contributed by atoms with van der Waals surface area (Å²) in [5.41, 5.74) is 3.25. The van der Waals surface area contributed by atoms with Crippen LogP contribution < -0.4 is 19.5 Å². The number of aliphatic hydroxyl groups excluding tert-OH is 2. The number of nitrogens with zero attached hydrogens (tertiary/aromatic N) is 3. The Morgan fingerprint density at radius 2 is 1.68 bits per heavy atom. The maximum atomic E-state index is 15.1. The van der Waals surface area contributed by atoms with Gasteiger partial charge in [0.15, 0.2) is 0 Å². The average Bonchev–Trinajstić information content (AvgIpc) is 3.38. The molecule has 4 aromatic carbocycles. The number of halogens is 1. The molecule has 16 nitrogen and oxygen atoms in total. The first kappa shape index (κ1) is 50.7. The summed E-state index contributed by atoms with van der Waals surface area (Å²) in [4.78, 5) is 47.2. The monoisotopic (exact) mass is 976 g/mol. The predicted octanol–water partition coefficient (Wildman–Crippen LogP) is 9.88. The number of nitro benzene ring substituents is 1. The lowest BCUT2D eigenvalue weighted by atomic mass is 9.55. The van der Waals surface area contributed by atoms with Crippen LogP contribution >= 0.6 is 0 Å². The van der Waals surface area contributed by atoms with E-state index >= 15 is 4.79 Å². The third-order valence-corrected chi connectivity index (χ3v) is 13.7. The smallest absolute Gasteiger partial charge is 0.416 e. The highest BCUT2D eigenvalue weighted by Gasteiger charge is 2.66. The SMILES string of the molecule is C=CCOC12Oc3ccc(OC(=O)NCc4ccccc4)cc3C3C(CCCCO)C(CCCCO)C=C(C(=NOC4CCCCO4)CC1N(Cc1ccc(F)cc1)C(=O)Oc1ccc([N+](=O)[O-])cc1)C32. The number of carbonyl (C=O) groups excluding carboxylic acids is 2. The molecule has 71 heavy (non-hydrogen) atoms. The Morgan fingerprint density at radius 3 is 2.38 bits per heavy atom. The lowest BCUT2D eigenvalue weighted by Crippen LogP contribution is -2.70. The van der Waals surface area contributed by atoms with Gasteiger partial charge in [-0.1, -0.05) is 72.6 Å². The molecule has 2 heterocycles. The van der Waals surface area contributed by atoms with E-state index < -0.39 is 52.9 Å². The van der Waals surface area contributed by atoms with Crippen molar-refractivity contribution in [1.29, 1.82) is 0 Å². The Labute approximate surface area is 412 Å². The number of unbranched alkanes of at least 4 members (excludes halogenated alkanes) is 2. The summed E-state index contributed by atoms with van der Waals surface area (Å²) >= 11 is 0. The van der Waals surface area contributed by atoms with Crippen LogP contribution in [0.1, 0.15) is 86.8 Å². The molecule has 2 aliphatic heterocycles. The molecule has 2 amide bonds. The normalized spacial score (nSPS) is 23.8. The van der Waals surface area contributed by atoms with Gasteiger partial charge in [-0.2, -0.15) is 0 Å². The minimum absolute atomic E-state index is 0.00603. The number of amides is 2. The van der Waals surface area contributed by atoms with Gasteiger partial charge in [-0.15, -0.1) is 6.58 Å². The van der Waals surface area contributed by atoms with Crippen molar-refractivity contribution in [2.24, 2.45) is 22.9 Å². The number of nitrogens with one attached hydrogen (secondary N) is 1. The number of hydrogen-bond acceptors (Lipinski definition) is 13. The third-order valence-electron chi connectivity index (χ3n) is 13.7. The highest BCUT2D eigenvalue weighted by atomic mass is 19.1. The summed E-state index contributed by atoms with van der Waals surface area (Å²) in [6.07, 6.45) is 7.93. The number of benzene rings is 4. The number of oxime groups is 1. The van der Waals surface area contributed by atoms with E-state index in [1.165, 1.54) is 41.3 Å². The topological polar surface area (TPSA) is 201 Å². The van der Waals surface area contributed by atoms with Gasteiger partial charge in [0, 0.05) is 62.8 Å². The number of nitro groups is 1. The number of rotatable bonds is 21. The molecule has 0 radical (unpaired) electrons. The predicted molar refractivity (Wildman–Crippen MR) is 260 cm³/mol. The summed E-state index contributed by atoms with van der Waals surface area (Å²) in [5, 5.41) is 39.3. The van der Waals surface area contributed by atoms with Crippen molar-refractivity contribution in [1.82, 2.24) is 10.2 Å². The Bertz CT molecular complexity index is 2520. The molecular formula is C54H61FN4O12. The molecule has 4 aliphatic rings. The van der Waals surface area contributed by atoms with Crippen LogP contribution in [0.2, 0.25) is 0 Å². The van der Waals surface area contributed by atoms with Crippen molar-refractivity contribution >= 4 is 23.6 Å². The van der Waals surface area contributed by atoms with Crippen molar-refractivity contribution in [2.75, 3.05) is 26.4 Å². The average molecular weight is 977 g/mol. The highest BCUT2D eigenvalue weighted by Crippen LogP contribution is 2.62. The lowest BCUT2D eigenvalue weighted by Gasteiger charge is -2.59. The second-order valence-electron chi connectivity index (χ2n) is 18.3. The summed E-state index contributed by atoms with van der Waals surface area (Å²) in [6, 6.07) is 24.5. The first-order valence-corrected chi connectivity index (χ1v) is 24.4. The van der Waals surface area contributed by atoms with Gasteiger partial charge in [0.2, 0.25) is 12.1 Å². The van der Waals surface area contributed by atoms with E-state index in [-0.39, 0.29) is 68.4 Å². The van der Waals surface area contributed by atoms with Gasteiger partial charge in [-0.05, 0) is 110 Å². The third kappa shape index (κ3) is 12.1. The van der Waals surface area contributed by atoms with Gasteiger partial charge >= 0.3 is 12.2 Å². The lowest BCUT2D eigenvalue weighted by molar-refractivity contribution is -0.384. The molecular weight excluding hydrogens is 916 g/mol. The van der Waals surface area contributed by atoms with E-state index in [1.54, 1.807) is 30.3 Å². The van der Waals surface area contributed by atoms with E-state index in [0.717, 1.165) is 29.5 Å². The van der Waals surface area contributed by atoms with Crippen LogP contribution in [0.5, 0.6) is 17.2 Å². The van der Waals surface area contributed by atoms with Crippen molar-refractivity contribution < 1.29 is 57.6 Å². The number of ether oxygens (including phenoxy) is 5. The van der Waals surface area contributed by atoms with Crippen LogP contribution in [0.25, 0.3) is 0 Å². The van der Waals surface area contributed by atoms with Crippen molar-refractivity contribution in [2.45, 2.75) is 101 Å². The maximum Gasteiger partial charge on any atom is 0.416 e. The molecule has 4 aromatic rings. The molecule has 7 atom stereocenters. The van der Waals surface area contributed by atoms with Gasteiger partial charge in [-0.25, -0.2) is 14.0 Å². The molecule has 1 saturated heterocycles. The van der Waals surface area contributed by atoms with Crippen molar-refractivity contribution in [3.05, 3.63) is 154 Å². The van der Waals surface area contributed by atoms with E-state index in [9.17, 15) is 29.5 Å². The molecule has 2 fully saturated rings. The van der Waals surface area contributed by atoms with Gasteiger partial charge in [-0.3, -0.25) is 15.0 Å². The first-order valence-electron chi connectivity index (χ1n) is 24.4. The molecule has 17 heteroatoms. The molecule has 0 spiro atoms. The second kappa shape index (κ2) is 24.0. The minimum Gasteiger partial charge on any atom is -0.459 e. The molecule has 0 bridgehead atoms. The molecule has 8 rings (SSSR count). The molecule has 0 aromatic heterocycles. The Hall–Kier alpha value is -6.66. The van der Waals surface area contributed by atoms with Crippen LogP contribution in [0.15, 0.2) is 127 Å². The minimum atomic E-state index is -1.71. The Balaban J connectivity index is 1.30. The van der Waals surface area contributed by atoms with Crippen LogP contribution in [0.3, 0.4) is 0 Å². The molecule has 3 N–H and O–H groups in total. The van der Waals surface area contributed by atoms with Gasteiger partial charge in [0.25, 0.3) is 5.69 Å². The maximum absolute atomic E-state index is 15.1. The number of allylic oxidation sites excluding steroid dienone is 1. The van der Waals surface area contributed by atoms with Crippen LogP contribution in [-0.4, -0.2) is 82.5 Å². The Kier molecular flexibility index (Phi) is 17.1. The summed E-state index contributed by atoms with van der Waals surface area (Å²) in [6.45, 7) is 4.62. The zero-order chi connectivity index (χ0) is 49.7. The Morgan fingerprint density at radius 1 is 0.930 bits per heavy atom. The fourth-order valence-electron chi connectivity index (χ4n) is 10.4. The number of carbonyl (C=O) groups is 2. The molecule has 7 unspecified atom stereocenters. The first-order chi connectivity index (χ1) is 34.6. The zero-order valence-corrected chi connectivity index (χ0v) is 39.6. The van der Waals surface area contributed by atoms with Crippen LogP contribution in [-0.2, 0) is 27.4 Å². The highest BCUT2D eigenvalue weighted by molar-refractivity contribution is 6.03. The number of non-ortho nitro benzene ring substituents is 1. The molecule has 1 saturated carbocycles. The van der Waals surface area contributed by atoms with Crippen molar-refractivity contribution in [3.63, 3.8) is 0 Å². The molecule has 376 valence electrons. The quantitative estimate of drug-likeness (QED) is 0.0309. The zero-order valence-electron chi connectivity index (χ0n) is 39.6. The van der Waals surface area contributed by atoms with Crippen LogP contribution in [0, 0.1) is 33.7 Å². The number of fused-ring (bicyclic) bond motifs is 2. The number of hydrogen-bond donors (Lipinski definition) is 3. The van der Waals surface area contributed by atoms with Gasteiger partial charge in [0.1, 0.15) is 29.1 Å². The van der Waals surface area contributed by atoms with Gasteiger partial charge in [0.05, 0.1) is 29.8 Å². The van der Waals surface area contributed by atoms with Crippen molar-refractivity contribution in [3.8, 4) is 17.2 Å². The summed E-state index contributed by atoms with van der Waals surface area (Å²) in [7, 11) is 0. The summed E-state index contributed by atoms with van der Waals surface area (Å²) < 4.78 is 46.9. The molecule has 2 aliphatic carbocycles. The summed E-state index contributed by atoms with van der Waals surface area (Å²) in [5.74, 6) is -2.91. The number of aliphatic hydroxyl groups is 2. The fraction of sp³-hybridized carbons (Fsp3) is 0.426. The standard InChI is InChI=1S/C54H61FN4O12/c1-2-29-67-54-48(58(35-37-17-19-39(55)20-18-37)53(63)69-41-23-21-40(22-24-41)59(64)65)33-46(57-71-49-16-8-11-30-66-49)44-31-38(14-6-9-27-60)43(15-7-10-28-61)50(51(44)54)45-32-42(25-26-47(45)70-54)68-52(62)56-34-36-12-4-3-5-13-36/h2-5,12-13,17-26,31-32,38,43,48-51,60-61H,1,6-11,14-16,27-30,33-35H2,(H,56,62). The second-order valence-corrected chi connectivity index (χ2v) is 18.3.